The highest BCUT2D eigenvalue weighted by Gasteiger charge is 2.52. The Morgan fingerprint density at radius 2 is 1.58 bits per heavy atom. The van der Waals surface area contributed by atoms with Gasteiger partial charge in [-0.2, -0.15) is 5.48 Å². The molecule has 4 saturated heterocycles. The third-order valence-corrected chi connectivity index (χ3v) is 20.7. The van der Waals surface area contributed by atoms with Crippen molar-refractivity contribution in [1.82, 2.24) is 16.1 Å². The lowest BCUT2D eigenvalue weighted by Crippen LogP contribution is -2.65. The number of amides is 1. The number of benzene rings is 1. The second kappa shape index (κ2) is 33.2. The van der Waals surface area contributed by atoms with Crippen molar-refractivity contribution in [3.63, 3.8) is 0 Å². The summed E-state index contributed by atoms with van der Waals surface area (Å²) in [6.07, 6.45) is -16.4. The van der Waals surface area contributed by atoms with Gasteiger partial charge in [0.1, 0.15) is 41.9 Å². The number of hydroxylamine groups is 1. The molecule has 90 heavy (non-hydrogen) atoms. The van der Waals surface area contributed by atoms with E-state index in [0.29, 0.717) is 15.7 Å². The lowest BCUT2D eigenvalue weighted by Gasteiger charge is -2.46. The van der Waals surface area contributed by atoms with Crippen LogP contribution >= 0.6 is 55.9 Å². The van der Waals surface area contributed by atoms with E-state index in [4.69, 9.17) is 61.7 Å². The number of aliphatic hydroxyl groups is 5. The maximum atomic E-state index is 14.5. The van der Waals surface area contributed by atoms with Crippen LogP contribution in [0, 0.1) is 34.2 Å². The standard InChI is InChI=1S/C58H76IN3O25S3/c1-11-60-30-24-80-37(21-34(30)75-6)85-50-45(68)42(26(3)82-56(50)84-33-16-14-12-13-15-18-58(74)23-32(64)43(61-57(73)79-10)40(33)29(58)17-19-88-90-35(53(70)71)22-36(65)66)62-87-38-20-31(63)52(28(5)81-38)89-54(72)39-25(2)41(59)48(51(78-9)47(39)76-7)86-55-46(69)49(77-8)44(67)27(4)83-55/h12-13,17,26-28,30-31,33-35,37-38,42,44-46,49-50,52,55-56,60,62-63,67-69,74H,11,19-24H2,1-10H3,(H,61,73)(H,65,66)(H,70,71)/b13-12?,29-17+/t26-,27+,28-,30+,31+,33+,34+,35?,37+,38+,42-,44+,45+,46-,49-,50-,52-,55+,56+,58+/m1/s1. The lowest BCUT2D eigenvalue weighted by molar-refractivity contribution is -0.336. The van der Waals surface area contributed by atoms with Crippen LogP contribution in [-0.4, -0.2) is 240 Å². The zero-order valence-corrected chi connectivity index (χ0v) is 55.3. The van der Waals surface area contributed by atoms with E-state index >= 15 is 0 Å². The molecule has 2 aliphatic carbocycles. The molecule has 1 unspecified atom stereocenters. The highest BCUT2D eigenvalue weighted by molar-refractivity contribution is 14.1. The normalized spacial score (nSPS) is 34.2. The summed E-state index contributed by atoms with van der Waals surface area (Å²) in [7, 11) is 8.29. The van der Waals surface area contributed by atoms with Gasteiger partial charge < -0.3 is 97.9 Å². The molecule has 0 spiro atoms. The third-order valence-electron chi connectivity index (χ3n) is 15.5. The minimum absolute atomic E-state index is 0.00133. The van der Waals surface area contributed by atoms with Gasteiger partial charge >= 0.3 is 18.0 Å². The molecule has 4 aliphatic heterocycles. The van der Waals surface area contributed by atoms with Crippen LogP contribution in [0.5, 0.6) is 17.2 Å². The number of thioether (sulfide) groups is 1. The molecule has 10 N–H and O–H groups in total. The number of alkyl carbamates (subject to hydrolysis) is 1. The number of fused-ring (bicyclic) bond motifs is 2. The number of carboxylic acid groups (broad SMARTS) is 2. The van der Waals surface area contributed by atoms with Crippen LogP contribution in [0.1, 0.15) is 69.3 Å². The Labute approximate surface area is 545 Å². The van der Waals surface area contributed by atoms with Gasteiger partial charge in [0, 0.05) is 44.0 Å². The van der Waals surface area contributed by atoms with Gasteiger partial charge in [-0.05, 0) is 74.5 Å². The SMILES string of the molecule is CCN[C@H]1CO[C@@H](O[C@H]2[C@H](O[C@H]3C#CC=CC#C[C@]4(O)CC(=O)C(NC(=O)OC)=C3/C4=C\CSSC(CC(=O)O)C(=O)O)O[C@H](C)[C@@H](NO[C@H]3C[C@H](O)[C@H](SC(=O)c4c(C)c(I)c(O[C@@H]5O[C@@H](C)[C@H](O)[C@@H](OC)[C@H]5O)c(OC)c4OC)[C@@H](C)O3)[C@@H]2O)C[C@@H]1OC. The Morgan fingerprint density at radius 3 is 2.22 bits per heavy atom. The number of aliphatic hydroxyl groups excluding tert-OH is 4. The van der Waals surface area contributed by atoms with E-state index in [9.17, 15) is 59.7 Å². The predicted molar refractivity (Wildman–Crippen MR) is 330 cm³/mol. The van der Waals surface area contributed by atoms with Crippen LogP contribution in [0.15, 0.2) is 35.1 Å². The first kappa shape index (κ1) is 73.1. The number of rotatable bonds is 25. The number of nitrogens with one attached hydrogen (secondary N) is 3. The summed E-state index contributed by atoms with van der Waals surface area (Å²) in [4.78, 5) is 71.2. The van der Waals surface area contributed by atoms with Crippen molar-refractivity contribution in [2.24, 2.45) is 0 Å². The number of Topliss-reactive ketones (excluding diaryl/α,β-unsaturated/α-hetero) is 1. The second-order valence-corrected chi connectivity index (χ2v) is 26.2. The summed E-state index contributed by atoms with van der Waals surface area (Å²) in [6.45, 7) is 9.13. The first-order chi connectivity index (χ1) is 42.8. The summed E-state index contributed by atoms with van der Waals surface area (Å²) in [5.74, 6) is 7.55. The number of carboxylic acids is 2. The summed E-state index contributed by atoms with van der Waals surface area (Å²) in [5, 5.41) is 80.3. The van der Waals surface area contributed by atoms with Crippen LogP contribution in [-0.2, 0) is 61.9 Å². The zero-order valence-electron chi connectivity index (χ0n) is 50.7. The molecule has 6 aliphatic rings. The van der Waals surface area contributed by atoms with E-state index in [-0.39, 0.29) is 65.2 Å². The van der Waals surface area contributed by atoms with E-state index in [0.717, 1.165) is 40.5 Å². The zero-order chi connectivity index (χ0) is 65.9. The van der Waals surface area contributed by atoms with Crippen LogP contribution in [0.3, 0.4) is 0 Å². The van der Waals surface area contributed by atoms with E-state index in [1.165, 1.54) is 46.7 Å². The van der Waals surface area contributed by atoms with Crippen LogP contribution in [0.2, 0.25) is 0 Å². The molecule has 1 aromatic rings. The van der Waals surface area contributed by atoms with E-state index in [1.54, 1.807) is 27.7 Å². The number of carbonyl (C=O) groups excluding carboxylic acids is 3. The third kappa shape index (κ3) is 17.1. The number of carbonyl (C=O) groups is 5. The monoisotopic (exact) mass is 1440 g/mol. The number of halogens is 1. The van der Waals surface area contributed by atoms with Gasteiger partial charge in [-0.3, -0.25) is 29.3 Å². The molecule has 1 amide bonds. The van der Waals surface area contributed by atoms with E-state index in [1.807, 2.05) is 29.5 Å². The number of likely N-dealkylation sites (N-methyl/N-ethyl adjacent to an activating group) is 1. The minimum atomic E-state index is -2.28. The van der Waals surface area contributed by atoms with Crippen molar-refractivity contribution in [3.05, 3.63) is 49.8 Å². The van der Waals surface area contributed by atoms with Crippen molar-refractivity contribution in [3.8, 4) is 40.9 Å². The van der Waals surface area contributed by atoms with Gasteiger partial charge in [-0.15, -0.1) is 0 Å². The predicted octanol–water partition coefficient (Wildman–Crippen LogP) is 1.85. The fraction of sp³-hybridized carbons (Fsp3) is 0.638. The fourth-order valence-electron chi connectivity index (χ4n) is 10.9. The van der Waals surface area contributed by atoms with Crippen molar-refractivity contribution in [2.75, 3.05) is 54.5 Å². The Morgan fingerprint density at radius 1 is 0.867 bits per heavy atom. The highest BCUT2D eigenvalue weighted by atomic mass is 127. The summed E-state index contributed by atoms with van der Waals surface area (Å²) >= 11 is 2.77. The number of allylic oxidation sites excluding steroid dienone is 3. The van der Waals surface area contributed by atoms with Crippen molar-refractivity contribution < 1.29 is 121 Å². The Balaban J connectivity index is 1.13. The van der Waals surface area contributed by atoms with Gasteiger partial charge in [-0.1, -0.05) is 70.0 Å². The quantitative estimate of drug-likeness (QED) is 0.0219. The molecule has 0 saturated carbocycles. The highest BCUT2D eigenvalue weighted by Crippen LogP contribution is 2.49. The lowest BCUT2D eigenvalue weighted by atomic mass is 9.75. The van der Waals surface area contributed by atoms with Crippen LogP contribution in [0.25, 0.3) is 0 Å². The van der Waals surface area contributed by atoms with E-state index < -0.39 is 162 Å². The van der Waals surface area contributed by atoms with Crippen molar-refractivity contribution >= 4 is 84.9 Å². The minimum Gasteiger partial charge on any atom is -0.492 e. The van der Waals surface area contributed by atoms with Crippen molar-refractivity contribution in [2.45, 2.75) is 181 Å². The fourth-order valence-corrected chi connectivity index (χ4v) is 14.8. The molecule has 2 bridgehead atoms. The molecular formula is C58H76IN3O25S3. The molecule has 28 nitrogen and oxygen atoms in total. The molecule has 7 rings (SSSR count). The van der Waals surface area contributed by atoms with Crippen LogP contribution < -0.4 is 30.3 Å². The molecule has 1 aromatic carbocycles. The Hall–Kier alpha value is -4.35. The molecule has 0 aromatic heterocycles. The van der Waals surface area contributed by atoms with Gasteiger partial charge in [0.2, 0.25) is 17.2 Å². The number of ketones is 1. The Bertz CT molecular complexity index is 2980. The number of ether oxygens (including phenoxy) is 12. The average Bonchev–Trinajstić information content (AvgIpc) is 0.805. The van der Waals surface area contributed by atoms with Crippen molar-refractivity contribution in [1.29, 1.82) is 0 Å². The maximum Gasteiger partial charge on any atom is 0.411 e. The first-order valence-electron chi connectivity index (χ1n) is 28.5. The smallest absolute Gasteiger partial charge is 0.411 e. The molecule has 32 heteroatoms. The number of aliphatic carboxylic acids is 2. The molecule has 4 heterocycles. The number of methoxy groups -OCH3 is 5. The topological polar surface area (TPSA) is 383 Å². The molecular weight excluding hydrogens is 1360 g/mol. The van der Waals surface area contributed by atoms with Crippen LogP contribution in [0.4, 0.5) is 4.79 Å². The van der Waals surface area contributed by atoms with E-state index in [2.05, 4.69) is 39.8 Å². The summed E-state index contributed by atoms with van der Waals surface area (Å²) in [5.41, 5.74) is 0.356. The molecule has 4 fully saturated rings. The second-order valence-electron chi connectivity index (χ2n) is 21.4. The summed E-state index contributed by atoms with van der Waals surface area (Å²) < 4.78 is 72.3. The van der Waals surface area contributed by atoms with Gasteiger partial charge in [0.05, 0.1) is 103 Å². The average molecular weight is 1440 g/mol. The Kier molecular flexibility index (Phi) is 26.9. The number of hydrogen-bond acceptors (Lipinski definition) is 28. The molecule has 498 valence electrons. The molecule has 20 atom stereocenters. The maximum absolute atomic E-state index is 14.5. The van der Waals surface area contributed by atoms with Gasteiger partial charge in [0.25, 0.3) is 0 Å². The number of hydrogen-bond donors (Lipinski definition) is 10. The van der Waals surface area contributed by atoms with Gasteiger partial charge in [0.15, 0.2) is 41.8 Å². The largest absolute Gasteiger partial charge is 0.492 e. The first-order valence-corrected chi connectivity index (χ1v) is 32.8. The molecule has 0 radical (unpaired) electrons. The van der Waals surface area contributed by atoms with Gasteiger partial charge in [-0.25, -0.2) is 4.79 Å². The summed E-state index contributed by atoms with van der Waals surface area (Å²) in [6, 6.07) is -1.41.